The van der Waals surface area contributed by atoms with Crippen molar-refractivity contribution in [1.29, 1.82) is 0 Å². The number of benzene rings is 2. The lowest BCUT2D eigenvalue weighted by Crippen LogP contribution is -2.29. The molecule has 5 nitrogen and oxygen atoms in total. The summed E-state index contributed by atoms with van der Waals surface area (Å²) in [5.74, 6) is -0.587. The first-order valence-corrected chi connectivity index (χ1v) is 7.95. The van der Waals surface area contributed by atoms with Crippen LogP contribution in [0.5, 0.6) is 0 Å². The molecule has 3 aromatic rings. The third-order valence-electron chi connectivity index (χ3n) is 4.38. The third-order valence-corrected chi connectivity index (χ3v) is 4.38. The Hall–Kier alpha value is -3.02. The fraction of sp³-hybridized carbons (Fsp3) is 0.211. The van der Waals surface area contributed by atoms with Crippen LogP contribution in [0.1, 0.15) is 34.5 Å². The van der Waals surface area contributed by atoms with Gasteiger partial charge < -0.3 is 4.90 Å². The molecule has 0 N–H and O–H groups in total. The second-order valence-corrected chi connectivity index (χ2v) is 5.99. The highest BCUT2D eigenvalue weighted by Gasteiger charge is 2.19. The smallest absolute Gasteiger partial charge is 0.254 e. The molecule has 1 amide bonds. The van der Waals surface area contributed by atoms with E-state index in [9.17, 15) is 9.18 Å². The van der Waals surface area contributed by atoms with Crippen LogP contribution >= 0.6 is 0 Å². The van der Waals surface area contributed by atoms with Crippen molar-refractivity contribution >= 4 is 5.91 Å². The lowest BCUT2D eigenvalue weighted by molar-refractivity contribution is 0.0742. The van der Waals surface area contributed by atoms with Crippen LogP contribution in [0, 0.1) is 12.7 Å². The van der Waals surface area contributed by atoms with Gasteiger partial charge >= 0.3 is 0 Å². The van der Waals surface area contributed by atoms with Gasteiger partial charge in [-0.1, -0.05) is 18.2 Å². The van der Waals surface area contributed by atoms with Crippen LogP contribution in [0.15, 0.2) is 55.1 Å². The number of aromatic nitrogens is 3. The van der Waals surface area contributed by atoms with Crippen molar-refractivity contribution < 1.29 is 9.18 Å². The molecule has 1 heterocycles. The van der Waals surface area contributed by atoms with Gasteiger partial charge in [0.15, 0.2) is 0 Å². The lowest BCUT2D eigenvalue weighted by Gasteiger charge is -2.25. The predicted octanol–water partition coefficient (Wildman–Crippen LogP) is 3.55. The van der Waals surface area contributed by atoms with Crippen molar-refractivity contribution in [3.63, 3.8) is 0 Å². The highest BCUT2D eigenvalue weighted by molar-refractivity contribution is 5.94. The number of aryl methyl sites for hydroxylation is 1. The average molecular weight is 338 g/mol. The summed E-state index contributed by atoms with van der Waals surface area (Å²) in [7, 11) is 1.72. The lowest BCUT2D eigenvalue weighted by atomic mass is 10.0. The molecule has 0 radical (unpaired) electrons. The molecule has 2 aromatic carbocycles. The highest BCUT2D eigenvalue weighted by Crippen LogP contribution is 2.22. The Bertz CT molecular complexity index is 875. The van der Waals surface area contributed by atoms with Crippen LogP contribution in [0.25, 0.3) is 5.69 Å². The van der Waals surface area contributed by atoms with Crippen LogP contribution in [0.2, 0.25) is 0 Å². The van der Waals surface area contributed by atoms with Gasteiger partial charge in [-0.3, -0.25) is 4.79 Å². The fourth-order valence-electron chi connectivity index (χ4n) is 2.58. The summed E-state index contributed by atoms with van der Waals surface area (Å²) in [5, 5.41) is 4.08. The number of amides is 1. The zero-order valence-electron chi connectivity index (χ0n) is 14.3. The molecule has 1 aromatic heterocycles. The minimum Gasteiger partial charge on any atom is -0.335 e. The monoisotopic (exact) mass is 338 g/mol. The molecule has 0 saturated carbocycles. The summed E-state index contributed by atoms with van der Waals surface area (Å²) >= 11 is 0. The molecule has 0 aliphatic heterocycles. The SMILES string of the molecule is Cc1ccc(C(=O)N(C)[C@@H](C)c2ccc(-n3cncn3)cc2)cc1F. The number of carbonyl (C=O) groups is 1. The van der Waals surface area contributed by atoms with Gasteiger partial charge in [0, 0.05) is 12.6 Å². The number of rotatable bonds is 4. The number of hydrogen-bond donors (Lipinski definition) is 0. The van der Waals surface area contributed by atoms with Gasteiger partial charge in [0.1, 0.15) is 18.5 Å². The van der Waals surface area contributed by atoms with Crippen LogP contribution in [0.3, 0.4) is 0 Å². The predicted molar refractivity (Wildman–Crippen MR) is 93.0 cm³/mol. The van der Waals surface area contributed by atoms with Gasteiger partial charge in [0.2, 0.25) is 0 Å². The summed E-state index contributed by atoms with van der Waals surface area (Å²) in [5.41, 5.74) is 2.74. The average Bonchev–Trinajstić information content (AvgIpc) is 3.17. The molecule has 0 fully saturated rings. The van der Waals surface area contributed by atoms with Gasteiger partial charge in [-0.25, -0.2) is 14.1 Å². The first-order valence-electron chi connectivity index (χ1n) is 7.95. The largest absolute Gasteiger partial charge is 0.335 e. The Kier molecular flexibility index (Phi) is 4.61. The topological polar surface area (TPSA) is 51.0 Å². The van der Waals surface area contributed by atoms with Crippen LogP contribution < -0.4 is 0 Å². The molecule has 1 atom stereocenters. The van der Waals surface area contributed by atoms with Gasteiger partial charge in [0.05, 0.1) is 11.7 Å². The van der Waals surface area contributed by atoms with E-state index in [0.717, 1.165) is 11.3 Å². The molecule has 0 spiro atoms. The van der Waals surface area contributed by atoms with E-state index in [1.807, 2.05) is 31.2 Å². The zero-order chi connectivity index (χ0) is 18.0. The highest BCUT2D eigenvalue weighted by atomic mass is 19.1. The maximum atomic E-state index is 13.7. The normalized spacial score (nSPS) is 12.0. The van der Waals surface area contributed by atoms with E-state index >= 15 is 0 Å². The molecule has 0 aliphatic carbocycles. The van der Waals surface area contributed by atoms with Crippen LogP contribution in [-0.4, -0.2) is 32.6 Å². The number of nitrogens with zero attached hydrogens (tertiary/aromatic N) is 4. The second kappa shape index (κ2) is 6.84. The van der Waals surface area contributed by atoms with Crippen molar-refractivity contribution in [2.75, 3.05) is 7.05 Å². The van der Waals surface area contributed by atoms with Crippen LogP contribution in [-0.2, 0) is 0 Å². The summed E-state index contributed by atoms with van der Waals surface area (Å²) in [4.78, 5) is 18.1. The molecule has 6 heteroatoms. The Labute approximate surface area is 145 Å². The maximum Gasteiger partial charge on any atom is 0.254 e. The Morgan fingerprint density at radius 3 is 2.52 bits per heavy atom. The summed E-state index contributed by atoms with van der Waals surface area (Å²) < 4.78 is 15.4. The van der Waals surface area contributed by atoms with E-state index in [-0.39, 0.29) is 17.8 Å². The van der Waals surface area contributed by atoms with E-state index in [4.69, 9.17) is 0 Å². The molecule has 0 aliphatic rings. The van der Waals surface area contributed by atoms with Crippen molar-refractivity contribution in [3.8, 4) is 5.69 Å². The number of halogens is 1. The Morgan fingerprint density at radius 1 is 1.20 bits per heavy atom. The molecule has 0 bridgehead atoms. The molecule has 3 rings (SSSR count). The minimum absolute atomic E-state index is 0.151. The quantitative estimate of drug-likeness (QED) is 0.731. The number of carbonyl (C=O) groups excluding carboxylic acids is 1. The van der Waals surface area contributed by atoms with E-state index in [1.165, 1.54) is 12.4 Å². The van der Waals surface area contributed by atoms with Gasteiger partial charge in [-0.05, 0) is 49.2 Å². The van der Waals surface area contributed by atoms with Crippen molar-refractivity contribution in [1.82, 2.24) is 19.7 Å². The standard InChI is InChI=1S/C19H19FN4O/c1-13-4-5-16(10-18(13)20)19(25)23(3)14(2)15-6-8-17(9-7-15)24-12-21-11-22-24/h4-12,14H,1-3H3/t14-/m0/s1. The van der Waals surface area contributed by atoms with Crippen molar-refractivity contribution in [2.24, 2.45) is 0 Å². The molecule has 0 unspecified atom stereocenters. The second-order valence-electron chi connectivity index (χ2n) is 5.99. The van der Waals surface area contributed by atoms with Crippen molar-refractivity contribution in [2.45, 2.75) is 19.9 Å². The fourth-order valence-corrected chi connectivity index (χ4v) is 2.58. The van der Waals surface area contributed by atoms with E-state index in [1.54, 1.807) is 42.0 Å². The molecule has 0 saturated heterocycles. The Balaban J connectivity index is 1.78. The number of hydrogen-bond acceptors (Lipinski definition) is 3. The van der Waals surface area contributed by atoms with Gasteiger partial charge in [-0.15, -0.1) is 0 Å². The summed E-state index contributed by atoms with van der Waals surface area (Å²) in [6.45, 7) is 3.61. The van der Waals surface area contributed by atoms with Gasteiger partial charge in [0.25, 0.3) is 5.91 Å². The van der Waals surface area contributed by atoms with Crippen LogP contribution in [0.4, 0.5) is 4.39 Å². The first kappa shape index (κ1) is 16.8. The van der Waals surface area contributed by atoms with Crippen molar-refractivity contribution in [3.05, 3.63) is 77.6 Å². The summed E-state index contributed by atoms with van der Waals surface area (Å²) in [6.07, 6.45) is 3.10. The summed E-state index contributed by atoms with van der Waals surface area (Å²) in [6, 6.07) is 12.1. The maximum absolute atomic E-state index is 13.7. The first-order chi connectivity index (χ1) is 12.0. The molecular weight excluding hydrogens is 319 g/mol. The Morgan fingerprint density at radius 2 is 1.92 bits per heavy atom. The van der Waals surface area contributed by atoms with E-state index in [0.29, 0.717) is 11.1 Å². The molecular formula is C19H19FN4O. The molecule has 25 heavy (non-hydrogen) atoms. The van der Waals surface area contributed by atoms with E-state index in [2.05, 4.69) is 10.1 Å². The molecule has 128 valence electrons. The third kappa shape index (κ3) is 3.42. The minimum atomic E-state index is -0.371. The zero-order valence-corrected chi connectivity index (χ0v) is 14.3. The van der Waals surface area contributed by atoms with E-state index < -0.39 is 0 Å². The van der Waals surface area contributed by atoms with Gasteiger partial charge in [-0.2, -0.15) is 5.10 Å².